The summed E-state index contributed by atoms with van der Waals surface area (Å²) in [5, 5.41) is 2.42. The number of nitrogens with one attached hydrogen (secondary N) is 1. The number of hydrogen-bond acceptors (Lipinski definition) is 7. The minimum atomic E-state index is -3.79. The standard InChI is InChI=1S/C26H27N5O6S/c32-23-22(19-7-2-1-3-8-19)24-31(15-6-18-38(24,35)36)26(34)30(23)14-5-12-28-25(33)37-17-11-20-9-4-10-21-27-13-16-29(20)21/h1-4,7-10,13,16H,5-6,11-12,14-15,17-18H2,(H,28,33). The molecule has 1 aliphatic rings. The fraction of sp³-hybridized carbons (Fsp3) is 0.308. The van der Waals surface area contributed by atoms with E-state index in [1.807, 2.05) is 28.8 Å². The maximum Gasteiger partial charge on any atom is 0.407 e. The van der Waals surface area contributed by atoms with E-state index in [0.717, 1.165) is 15.9 Å². The van der Waals surface area contributed by atoms with Gasteiger partial charge in [0.1, 0.15) is 5.65 Å². The van der Waals surface area contributed by atoms with Gasteiger partial charge in [0.15, 0.2) is 14.9 Å². The number of aromatic nitrogens is 4. The van der Waals surface area contributed by atoms with E-state index in [0.29, 0.717) is 18.4 Å². The van der Waals surface area contributed by atoms with Gasteiger partial charge >= 0.3 is 11.8 Å². The van der Waals surface area contributed by atoms with Crippen molar-refractivity contribution in [3.05, 3.63) is 87.5 Å². The third-order valence-corrected chi connectivity index (χ3v) is 8.30. The molecule has 3 aromatic heterocycles. The first kappa shape index (κ1) is 25.5. The quantitative estimate of drug-likeness (QED) is 0.268. The van der Waals surface area contributed by atoms with Gasteiger partial charge in [0, 0.05) is 44.1 Å². The van der Waals surface area contributed by atoms with Crippen molar-refractivity contribution >= 4 is 21.6 Å². The molecule has 11 nitrogen and oxygen atoms in total. The van der Waals surface area contributed by atoms with Crippen LogP contribution in [0.5, 0.6) is 0 Å². The normalized spacial score (nSPS) is 14.2. The number of ether oxygens (including phenoxy) is 1. The molecular formula is C26H27N5O6S. The molecule has 1 aromatic carbocycles. The first-order chi connectivity index (χ1) is 18.4. The number of sulfone groups is 1. The summed E-state index contributed by atoms with van der Waals surface area (Å²) in [5.41, 5.74) is 0.890. The first-order valence-corrected chi connectivity index (χ1v) is 14.0. The lowest BCUT2D eigenvalue weighted by Gasteiger charge is -2.23. The van der Waals surface area contributed by atoms with Crippen LogP contribution in [0.1, 0.15) is 18.5 Å². The van der Waals surface area contributed by atoms with Gasteiger partial charge < -0.3 is 14.5 Å². The Hall–Kier alpha value is -4.19. The first-order valence-electron chi connectivity index (χ1n) is 12.3. The molecule has 0 spiro atoms. The lowest BCUT2D eigenvalue weighted by Crippen LogP contribution is -2.45. The molecule has 0 radical (unpaired) electrons. The minimum absolute atomic E-state index is 0.00480. The summed E-state index contributed by atoms with van der Waals surface area (Å²) < 4.78 is 35.2. The van der Waals surface area contributed by atoms with Crippen molar-refractivity contribution in [3.63, 3.8) is 0 Å². The van der Waals surface area contributed by atoms with Crippen LogP contribution in [0.3, 0.4) is 0 Å². The van der Waals surface area contributed by atoms with Crippen LogP contribution in [-0.4, -0.2) is 51.9 Å². The number of hydrogen-bond donors (Lipinski definition) is 1. The number of pyridine rings is 1. The van der Waals surface area contributed by atoms with Gasteiger partial charge in [-0.25, -0.2) is 23.0 Å². The number of rotatable bonds is 8. The highest BCUT2D eigenvalue weighted by atomic mass is 32.2. The van der Waals surface area contributed by atoms with E-state index in [1.54, 1.807) is 36.5 Å². The third-order valence-electron chi connectivity index (χ3n) is 6.46. The monoisotopic (exact) mass is 537 g/mol. The molecule has 0 unspecified atom stereocenters. The molecule has 1 aliphatic heterocycles. The highest BCUT2D eigenvalue weighted by molar-refractivity contribution is 7.91. The van der Waals surface area contributed by atoms with Crippen LogP contribution in [0.15, 0.2) is 75.5 Å². The summed E-state index contributed by atoms with van der Waals surface area (Å²) in [4.78, 5) is 42.9. The largest absolute Gasteiger partial charge is 0.449 e. The molecule has 5 rings (SSSR count). The molecule has 0 fully saturated rings. The number of imidazole rings is 1. The van der Waals surface area contributed by atoms with E-state index in [9.17, 15) is 22.8 Å². The molecule has 0 saturated heterocycles. The van der Waals surface area contributed by atoms with E-state index in [-0.39, 0.29) is 49.0 Å². The predicted molar refractivity (Wildman–Crippen MR) is 140 cm³/mol. The Morgan fingerprint density at radius 2 is 1.89 bits per heavy atom. The Bertz CT molecular complexity index is 1710. The number of carbonyl (C=O) groups is 1. The van der Waals surface area contributed by atoms with E-state index in [4.69, 9.17) is 4.74 Å². The van der Waals surface area contributed by atoms with Crippen molar-refractivity contribution in [2.75, 3.05) is 18.9 Å². The van der Waals surface area contributed by atoms with Gasteiger partial charge in [0.2, 0.25) is 0 Å². The zero-order valence-corrected chi connectivity index (χ0v) is 21.4. The van der Waals surface area contributed by atoms with Crippen LogP contribution in [0.2, 0.25) is 0 Å². The Morgan fingerprint density at radius 3 is 2.71 bits per heavy atom. The Kier molecular flexibility index (Phi) is 7.14. The van der Waals surface area contributed by atoms with E-state index in [1.165, 1.54) is 4.57 Å². The third kappa shape index (κ3) is 4.99. The fourth-order valence-corrected chi connectivity index (χ4v) is 6.42. The molecule has 1 amide bonds. The van der Waals surface area contributed by atoms with Crippen molar-refractivity contribution < 1.29 is 17.9 Å². The number of amides is 1. The number of alkyl carbamates (subject to hydrolysis) is 1. The SMILES string of the molecule is O=C(NCCCn1c(=O)c(-c2ccccc2)c2n(c1=O)CCCS2(=O)=O)OCCc1cccc2nccn12. The van der Waals surface area contributed by atoms with Gasteiger partial charge in [-0.05, 0) is 30.5 Å². The molecule has 198 valence electrons. The Labute approximate surface area is 218 Å². The van der Waals surface area contributed by atoms with Gasteiger partial charge in [0.05, 0.1) is 17.9 Å². The zero-order valence-electron chi connectivity index (χ0n) is 20.6. The van der Waals surface area contributed by atoms with Gasteiger partial charge in [-0.15, -0.1) is 0 Å². The average molecular weight is 538 g/mol. The molecule has 0 atom stereocenters. The number of fused-ring (bicyclic) bond motifs is 2. The van der Waals surface area contributed by atoms with Crippen LogP contribution in [-0.2, 0) is 34.1 Å². The molecule has 4 aromatic rings. The van der Waals surface area contributed by atoms with Gasteiger partial charge in [-0.1, -0.05) is 36.4 Å². The molecule has 1 N–H and O–H groups in total. The molecular weight excluding hydrogens is 510 g/mol. The summed E-state index contributed by atoms with van der Waals surface area (Å²) in [7, 11) is -3.79. The summed E-state index contributed by atoms with van der Waals surface area (Å²) in [6, 6.07) is 14.2. The maximum absolute atomic E-state index is 13.4. The maximum atomic E-state index is 13.4. The second-order valence-electron chi connectivity index (χ2n) is 8.95. The van der Waals surface area contributed by atoms with E-state index in [2.05, 4.69) is 10.3 Å². The van der Waals surface area contributed by atoms with E-state index < -0.39 is 27.2 Å². The Morgan fingerprint density at radius 1 is 1.08 bits per heavy atom. The fourth-order valence-electron chi connectivity index (χ4n) is 4.70. The van der Waals surface area contributed by atoms with Crippen molar-refractivity contribution in [2.24, 2.45) is 0 Å². The summed E-state index contributed by atoms with van der Waals surface area (Å²) in [5.74, 6) is -0.112. The van der Waals surface area contributed by atoms with Crippen LogP contribution < -0.4 is 16.6 Å². The van der Waals surface area contributed by atoms with Crippen LogP contribution in [0.4, 0.5) is 4.79 Å². The summed E-state index contributed by atoms with van der Waals surface area (Å²) in [6.45, 7) is 0.567. The second kappa shape index (κ2) is 10.7. The molecule has 0 bridgehead atoms. The highest BCUT2D eigenvalue weighted by Gasteiger charge is 2.32. The number of benzene rings is 1. The van der Waals surface area contributed by atoms with Crippen LogP contribution >= 0.6 is 0 Å². The Balaban J connectivity index is 1.25. The lowest BCUT2D eigenvalue weighted by atomic mass is 10.1. The van der Waals surface area contributed by atoms with Crippen molar-refractivity contribution in [1.29, 1.82) is 0 Å². The summed E-state index contributed by atoms with van der Waals surface area (Å²) >= 11 is 0. The second-order valence-corrected chi connectivity index (χ2v) is 11.0. The molecule has 12 heteroatoms. The zero-order chi connectivity index (χ0) is 26.7. The number of nitrogens with zero attached hydrogens (tertiary/aromatic N) is 4. The smallest absolute Gasteiger partial charge is 0.407 e. The van der Waals surface area contributed by atoms with Crippen molar-refractivity contribution in [1.82, 2.24) is 23.8 Å². The van der Waals surface area contributed by atoms with Crippen LogP contribution in [0.25, 0.3) is 16.8 Å². The molecule has 4 heterocycles. The highest BCUT2D eigenvalue weighted by Crippen LogP contribution is 2.27. The van der Waals surface area contributed by atoms with Gasteiger partial charge in [-0.2, -0.15) is 0 Å². The molecule has 0 aliphatic carbocycles. The molecule has 0 saturated carbocycles. The van der Waals surface area contributed by atoms with E-state index >= 15 is 0 Å². The van der Waals surface area contributed by atoms with Crippen molar-refractivity contribution in [3.8, 4) is 11.1 Å². The lowest BCUT2D eigenvalue weighted by molar-refractivity contribution is 0.147. The minimum Gasteiger partial charge on any atom is -0.449 e. The van der Waals surface area contributed by atoms with Gasteiger partial charge in [-0.3, -0.25) is 13.9 Å². The molecule has 38 heavy (non-hydrogen) atoms. The number of carbonyl (C=O) groups excluding carboxylic acids is 1. The average Bonchev–Trinajstić information content (AvgIpc) is 3.39. The van der Waals surface area contributed by atoms with Gasteiger partial charge in [0.25, 0.3) is 5.56 Å². The van der Waals surface area contributed by atoms with Crippen molar-refractivity contribution in [2.45, 2.75) is 37.4 Å². The topological polar surface area (TPSA) is 134 Å². The van der Waals surface area contributed by atoms with Crippen LogP contribution in [0, 0.1) is 0 Å². The predicted octanol–water partition coefficient (Wildman–Crippen LogP) is 1.86. The summed E-state index contributed by atoms with van der Waals surface area (Å²) in [6.07, 6.45) is 4.02.